The monoisotopic (exact) mass is 268 g/mol. The summed E-state index contributed by atoms with van der Waals surface area (Å²) < 4.78 is 11.3. The molecule has 2 atom stereocenters. The second-order valence-corrected chi connectivity index (χ2v) is 5.45. The molecule has 1 aromatic heterocycles. The summed E-state index contributed by atoms with van der Waals surface area (Å²) in [6.07, 6.45) is 0.431. The van der Waals surface area contributed by atoms with E-state index in [1.165, 1.54) is 5.56 Å². The molecule has 0 aliphatic carbocycles. The van der Waals surface area contributed by atoms with Gasteiger partial charge in [-0.25, -0.2) is 4.98 Å². The smallest absolute Gasteiger partial charge is 0.136 e. The third-order valence-electron chi connectivity index (χ3n) is 3.39. The minimum absolute atomic E-state index is 0.215. The van der Waals surface area contributed by atoms with Crippen molar-refractivity contribution in [2.24, 2.45) is 0 Å². The predicted molar refractivity (Wildman–Crippen MR) is 70.0 cm³/mol. The Morgan fingerprint density at radius 2 is 2.00 bits per heavy atom. The highest BCUT2D eigenvalue weighted by molar-refractivity contribution is 6.29. The summed E-state index contributed by atoms with van der Waals surface area (Å²) in [7, 11) is 0. The van der Waals surface area contributed by atoms with E-state index < -0.39 is 0 Å². The van der Waals surface area contributed by atoms with Gasteiger partial charge in [-0.15, -0.1) is 0 Å². The summed E-state index contributed by atoms with van der Waals surface area (Å²) in [6, 6.07) is 1.90. The van der Waals surface area contributed by atoms with E-state index in [9.17, 15) is 0 Å². The molecule has 0 amide bonds. The topological polar surface area (TPSA) is 34.6 Å². The molecular formula is C13H17ClN2O2. The van der Waals surface area contributed by atoms with Gasteiger partial charge in [0.15, 0.2) is 0 Å². The first-order valence-corrected chi connectivity index (χ1v) is 6.67. The quantitative estimate of drug-likeness (QED) is 0.733. The maximum Gasteiger partial charge on any atom is 0.136 e. The second kappa shape index (κ2) is 4.68. The average molecular weight is 269 g/mol. The molecule has 2 aliphatic rings. The van der Waals surface area contributed by atoms with Gasteiger partial charge < -0.3 is 14.4 Å². The van der Waals surface area contributed by atoms with Crippen LogP contribution < -0.4 is 4.90 Å². The van der Waals surface area contributed by atoms with Crippen LogP contribution in [0.2, 0.25) is 5.15 Å². The van der Waals surface area contributed by atoms with Crippen LogP contribution in [0.25, 0.3) is 0 Å². The molecule has 0 N–H and O–H groups in total. The fraction of sp³-hybridized carbons (Fsp3) is 0.615. The fourth-order valence-electron chi connectivity index (χ4n) is 2.74. The Bertz CT molecular complexity index is 457. The molecule has 98 valence electrons. The minimum Gasteiger partial charge on any atom is -0.372 e. The van der Waals surface area contributed by atoms with Crippen molar-refractivity contribution in [1.29, 1.82) is 0 Å². The van der Waals surface area contributed by atoms with Crippen LogP contribution >= 0.6 is 11.6 Å². The Morgan fingerprint density at radius 3 is 2.72 bits per heavy atom. The van der Waals surface area contributed by atoms with E-state index in [4.69, 9.17) is 21.1 Å². The molecule has 2 aliphatic heterocycles. The highest BCUT2D eigenvalue weighted by atomic mass is 35.5. The van der Waals surface area contributed by atoms with Gasteiger partial charge in [-0.05, 0) is 25.5 Å². The molecule has 0 radical (unpaired) electrons. The summed E-state index contributed by atoms with van der Waals surface area (Å²) >= 11 is 6.10. The van der Waals surface area contributed by atoms with Gasteiger partial charge in [0.05, 0.1) is 25.4 Å². The zero-order valence-corrected chi connectivity index (χ0v) is 11.4. The third kappa shape index (κ3) is 2.20. The van der Waals surface area contributed by atoms with Crippen molar-refractivity contribution in [2.75, 3.05) is 18.0 Å². The average Bonchev–Trinajstić information content (AvgIpc) is 2.74. The summed E-state index contributed by atoms with van der Waals surface area (Å²) in [5.41, 5.74) is 2.34. The fourth-order valence-corrected chi connectivity index (χ4v) is 2.95. The minimum atomic E-state index is 0.215. The SMILES string of the molecule is CC1CN(c2nc(Cl)cc3c2COC3)CC(C)O1. The van der Waals surface area contributed by atoms with E-state index in [-0.39, 0.29) is 12.2 Å². The molecule has 0 saturated carbocycles. The molecule has 2 unspecified atom stereocenters. The standard InChI is InChI=1S/C13H17ClN2O2/c1-8-4-16(5-9(2)18-8)13-11-7-17-6-10(11)3-12(14)15-13/h3,8-9H,4-7H2,1-2H3. The molecule has 0 aromatic carbocycles. The van der Waals surface area contributed by atoms with Gasteiger partial charge in [0, 0.05) is 18.7 Å². The number of pyridine rings is 1. The Morgan fingerprint density at radius 1 is 1.28 bits per heavy atom. The number of halogens is 1. The van der Waals surface area contributed by atoms with Crippen molar-refractivity contribution in [1.82, 2.24) is 4.98 Å². The number of aromatic nitrogens is 1. The van der Waals surface area contributed by atoms with Crippen LogP contribution in [0.4, 0.5) is 5.82 Å². The van der Waals surface area contributed by atoms with E-state index in [0.29, 0.717) is 18.4 Å². The maximum absolute atomic E-state index is 6.10. The van der Waals surface area contributed by atoms with Crippen molar-refractivity contribution in [2.45, 2.75) is 39.3 Å². The normalized spacial score (nSPS) is 27.4. The summed E-state index contributed by atoms with van der Waals surface area (Å²) in [5, 5.41) is 0.543. The van der Waals surface area contributed by atoms with E-state index >= 15 is 0 Å². The van der Waals surface area contributed by atoms with Crippen molar-refractivity contribution < 1.29 is 9.47 Å². The first kappa shape index (κ1) is 12.2. The third-order valence-corrected chi connectivity index (χ3v) is 3.58. The predicted octanol–water partition coefficient (Wildman–Crippen LogP) is 2.38. The number of anilines is 1. The largest absolute Gasteiger partial charge is 0.372 e. The number of hydrogen-bond acceptors (Lipinski definition) is 4. The number of hydrogen-bond donors (Lipinski definition) is 0. The van der Waals surface area contributed by atoms with Gasteiger partial charge in [-0.3, -0.25) is 0 Å². The van der Waals surface area contributed by atoms with Crippen LogP contribution in [-0.4, -0.2) is 30.3 Å². The van der Waals surface area contributed by atoms with Crippen LogP contribution in [0.15, 0.2) is 6.07 Å². The number of fused-ring (bicyclic) bond motifs is 1. The molecule has 3 heterocycles. The molecule has 1 saturated heterocycles. The van der Waals surface area contributed by atoms with Crippen LogP contribution in [0.5, 0.6) is 0 Å². The lowest BCUT2D eigenvalue weighted by Gasteiger charge is -2.36. The molecule has 5 heteroatoms. The van der Waals surface area contributed by atoms with E-state index in [0.717, 1.165) is 24.5 Å². The molecular weight excluding hydrogens is 252 g/mol. The highest BCUT2D eigenvalue weighted by Gasteiger charge is 2.27. The number of nitrogens with zero attached hydrogens (tertiary/aromatic N) is 2. The summed E-state index contributed by atoms with van der Waals surface area (Å²) in [6.45, 7) is 7.15. The number of ether oxygens (including phenoxy) is 2. The van der Waals surface area contributed by atoms with Gasteiger partial charge >= 0.3 is 0 Å². The van der Waals surface area contributed by atoms with Gasteiger partial charge in [-0.1, -0.05) is 11.6 Å². The van der Waals surface area contributed by atoms with Crippen molar-refractivity contribution >= 4 is 17.4 Å². The summed E-state index contributed by atoms with van der Waals surface area (Å²) in [5.74, 6) is 0.969. The van der Waals surface area contributed by atoms with Crippen molar-refractivity contribution in [3.05, 3.63) is 22.3 Å². The zero-order chi connectivity index (χ0) is 12.7. The van der Waals surface area contributed by atoms with Gasteiger partial charge in [0.25, 0.3) is 0 Å². The second-order valence-electron chi connectivity index (χ2n) is 5.06. The maximum atomic E-state index is 6.10. The molecule has 3 rings (SSSR count). The van der Waals surface area contributed by atoms with Crippen LogP contribution in [0, 0.1) is 0 Å². The van der Waals surface area contributed by atoms with Crippen LogP contribution in [-0.2, 0) is 22.7 Å². The van der Waals surface area contributed by atoms with Gasteiger partial charge in [0.1, 0.15) is 11.0 Å². The first-order valence-electron chi connectivity index (χ1n) is 6.30. The Hall–Kier alpha value is -0.840. The molecule has 18 heavy (non-hydrogen) atoms. The lowest BCUT2D eigenvalue weighted by Crippen LogP contribution is -2.46. The van der Waals surface area contributed by atoms with E-state index in [2.05, 4.69) is 23.7 Å². The Labute approximate surface area is 112 Å². The lowest BCUT2D eigenvalue weighted by atomic mass is 10.1. The van der Waals surface area contributed by atoms with Gasteiger partial charge in [0.2, 0.25) is 0 Å². The molecule has 1 fully saturated rings. The van der Waals surface area contributed by atoms with Gasteiger partial charge in [-0.2, -0.15) is 0 Å². The van der Waals surface area contributed by atoms with E-state index in [1.54, 1.807) is 0 Å². The lowest BCUT2D eigenvalue weighted by molar-refractivity contribution is -0.00556. The van der Waals surface area contributed by atoms with Crippen LogP contribution in [0.3, 0.4) is 0 Å². The number of rotatable bonds is 1. The first-order chi connectivity index (χ1) is 8.63. The molecule has 0 bridgehead atoms. The number of morpholine rings is 1. The Kier molecular flexibility index (Phi) is 3.18. The van der Waals surface area contributed by atoms with E-state index in [1.807, 2.05) is 6.07 Å². The molecule has 0 spiro atoms. The molecule has 1 aromatic rings. The van der Waals surface area contributed by atoms with Crippen molar-refractivity contribution in [3.63, 3.8) is 0 Å². The Balaban J connectivity index is 1.96. The molecule has 4 nitrogen and oxygen atoms in total. The summed E-state index contributed by atoms with van der Waals surface area (Å²) in [4.78, 5) is 6.76. The zero-order valence-electron chi connectivity index (χ0n) is 10.6. The van der Waals surface area contributed by atoms with Crippen LogP contribution in [0.1, 0.15) is 25.0 Å². The highest BCUT2D eigenvalue weighted by Crippen LogP contribution is 2.32. The van der Waals surface area contributed by atoms with Crippen molar-refractivity contribution in [3.8, 4) is 0 Å².